The van der Waals surface area contributed by atoms with Crippen molar-refractivity contribution in [3.05, 3.63) is 0 Å². The van der Waals surface area contributed by atoms with Crippen molar-refractivity contribution < 1.29 is 9.47 Å². The van der Waals surface area contributed by atoms with Crippen LogP contribution in [0.2, 0.25) is 0 Å². The Kier molecular flexibility index (Phi) is 7.41. The molecule has 2 unspecified atom stereocenters. The van der Waals surface area contributed by atoms with Gasteiger partial charge in [-0.25, -0.2) is 0 Å². The second-order valence-corrected chi connectivity index (χ2v) is 4.54. The summed E-state index contributed by atoms with van der Waals surface area (Å²) in [5, 5.41) is 0. The van der Waals surface area contributed by atoms with E-state index in [1.807, 2.05) is 0 Å². The molecular weight excluding hydrogens is 212 g/mol. The predicted octanol–water partition coefficient (Wildman–Crippen LogP) is 3.23. The van der Waals surface area contributed by atoms with Crippen LogP contribution in [-0.2, 0) is 9.47 Å². The van der Waals surface area contributed by atoms with Crippen LogP contribution < -0.4 is 0 Å². The normalized spacial score (nSPS) is 26.8. The molecule has 15 heavy (non-hydrogen) atoms. The summed E-state index contributed by atoms with van der Waals surface area (Å²) in [6.45, 7) is 4.29. The molecule has 0 amide bonds. The third kappa shape index (κ3) is 5.19. The molecule has 1 aliphatic rings. The van der Waals surface area contributed by atoms with Gasteiger partial charge >= 0.3 is 0 Å². The number of hydrogen-bond acceptors (Lipinski definition) is 2. The zero-order chi connectivity index (χ0) is 10.9. The van der Waals surface area contributed by atoms with E-state index in [0.29, 0.717) is 25.2 Å². The van der Waals surface area contributed by atoms with Crippen molar-refractivity contribution in [2.45, 2.75) is 45.1 Å². The molecule has 0 aliphatic heterocycles. The molecule has 0 heterocycles. The molecule has 90 valence electrons. The van der Waals surface area contributed by atoms with Crippen molar-refractivity contribution in [2.75, 3.05) is 25.7 Å². The minimum atomic E-state index is 0.475. The highest BCUT2D eigenvalue weighted by molar-refractivity contribution is 6.17. The van der Waals surface area contributed by atoms with Crippen LogP contribution in [0.4, 0.5) is 0 Å². The van der Waals surface area contributed by atoms with Gasteiger partial charge in [0, 0.05) is 5.88 Å². The fraction of sp³-hybridized carbons (Fsp3) is 1.00. The fourth-order valence-corrected chi connectivity index (χ4v) is 2.38. The predicted molar refractivity (Wildman–Crippen MR) is 63.5 cm³/mol. The van der Waals surface area contributed by atoms with Crippen molar-refractivity contribution in [3.8, 4) is 0 Å². The van der Waals surface area contributed by atoms with E-state index in [4.69, 9.17) is 21.1 Å². The topological polar surface area (TPSA) is 18.5 Å². The van der Waals surface area contributed by atoms with Gasteiger partial charge in [0.05, 0.1) is 25.9 Å². The van der Waals surface area contributed by atoms with Gasteiger partial charge in [-0.05, 0) is 18.8 Å². The fourth-order valence-electron chi connectivity index (χ4n) is 2.28. The van der Waals surface area contributed by atoms with Crippen LogP contribution in [0.3, 0.4) is 0 Å². The van der Waals surface area contributed by atoms with Crippen LogP contribution >= 0.6 is 11.6 Å². The van der Waals surface area contributed by atoms with E-state index in [1.54, 1.807) is 0 Å². The molecule has 1 fully saturated rings. The highest BCUT2D eigenvalue weighted by Gasteiger charge is 2.23. The zero-order valence-electron chi connectivity index (χ0n) is 9.71. The largest absolute Gasteiger partial charge is 0.378 e. The zero-order valence-corrected chi connectivity index (χ0v) is 10.5. The smallest absolute Gasteiger partial charge is 0.0704 e. The Labute approximate surface area is 98.3 Å². The van der Waals surface area contributed by atoms with Crippen LogP contribution in [0.15, 0.2) is 0 Å². The molecule has 2 nitrogen and oxygen atoms in total. The Morgan fingerprint density at radius 2 is 1.93 bits per heavy atom. The average molecular weight is 235 g/mol. The molecule has 0 bridgehead atoms. The molecule has 1 saturated carbocycles. The Bertz CT molecular complexity index is 153. The SMILES string of the molecule is CCC1CCCCC1OCCOCCCl. The van der Waals surface area contributed by atoms with E-state index in [9.17, 15) is 0 Å². The van der Waals surface area contributed by atoms with Gasteiger partial charge in [-0.1, -0.05) is 26.2 Å². The maximum atomic E-state index is 5.86. The second-order valence-electron chi connectivity index (χ2n) is 4.16. The Morgan fingerprint density at radius 1 is 1.13 bits per heavy atom. The third-order valence-electron chi connectivity index (χ3n) is 3.14. The lowest BCUT2D eigenvalue weighted by Gasteiger charge is -2.30. The molecule has 3 heteroatoms. The van der Waals surface area contributed by atoms with E-state index in [2.05, 4.69) is 6.92 Å². The van der Waals surface area contributed by atoms with Crippen LogP contribution in [0.1, 0.15) is 39.0 Å². The van der Waals surface area contributed by atoms with Gasteiger partial charge in [0.2, 0.25) is 0 Å². The first kappa shape index (κ1) is 13.3. The van der Waals surface area contributed by atoms with Gasteiger partial charge in [0.1, 0.15) is 0 Å². The van der Waals surface area contributed by atoms with Gasteiger partial charge < -0.3 is 9.47 Å². The summed E-state index contributed by atoms with van der Waals surface area (Å²) in [5.41, 5.74) is 0. The summed E-state index contributed by atoms with van der Waals surface area (Å²) in [7, 11) is 0. The lowest BCUT2D eigenvalue weighted by molar-refractivity contribution is -0.0367. The van der Waals surface area contributed by atoms with E-state index < -0.39 is 0 Å². The maximum absolute atomic E-state index is 5.86. The van der Waals surface area contributed by atoms with Gasteiger partial charge in [-0.3, -0.25) is 0 Å². The first-order valence-electron chi connectivity index (χ1n) is 6.13. The number of rotatable bonds is 7. The van der Waals surface area contributed by atoms with Gasteiger partial charge in [-0.2, -0.15) is 0 Å². The number of halogens is 1. The lowest BCUT2D eigenvalue weighted by Crippen LogP contribution is -2.28. The highest BCUT2D eigenvalue weighted by Crippen LogP contribution is 2.28. The average Bonchev–Trinajstić information content (AvgIpc) is 2.29. The summed E-state index contributed by atoms with van der Waals surface area (Å²) in [6, 6.07) is 0. The number of hydrogen-bond donors (Lipinski definition) is 0. The van der Waals surface area contributed by atoms with Crippen molar-refractivity contribution in [2.24, 2.45) is 5.92 Å². The van der Waals surface area contributed by atoms with E-state index in [-0.39, 0.29) is 0 Å². The van der Waals surface area contributed by atoms with Crippen molar-refractivity contribution >= 4 is 11.6 Å². The van der Waals surface area contributed by atoms with Crippen LogP contribution in [0, 0.1) is 5.92 Å². The molecule has 0 spiro atoms. The monoisotopic (exact) mass is 234 g/mol. The van der Waals surface area contributed by atoms with Crippen molar-refractivity contribution in [1.82, 2.24) is 0 Å². The molecule has 0 aromatic rings. The van der Waals surface area contributed by atoms with Crippen LogP contribution in [0.5, 0.6) is 0 Å². The van der Waals surface area contributed by atoms with E-state index in [0.717, 1.165) is 12.5 Å². The Hall–Kier alpha value is 0.210. The summed E-state index contributed by atoms with van der Waals surface area (Å²) < 4.78 is 11.2. The van der Waals surface area contributed by atoms with E-state index in [1.165, 1.54) is 32.1 Å². The molecule has 0 radical (unpaired) electrons. The maximum Gasteiger partial charge on any atom is 0.0704 e. The summed E-state index contributed by atoms with van der Waals surface area (Å²) in [4.78, 5) is 0. The Balaban J connectivity index is 2.07. The summed E-state index contributed by atoms with van der Waals surface area (Å²) in [5.74, 6) is 1.34. The minimum Gasteiger partial charge on any atom is -0.378 e. The van der Waals surface area contributed by atoms with Gasteiger partial charge in [0.25, 0.3) is 0 Å². The standard InChI is InChI=1S/C12H23ClO2/c1-2-11-5-3-4-6-12(11)15-10-9-14-8-7-13/h11-12H,2-10H2,1H3. The quantitative estimate of drug-likeness (QED) is 0.498. The highest BCUT2D eigenvalue weighted by atomic mass is 35.5. The van der Waals surface area contributed by atoms with Crippen LogP contribution in [0.25, 0.3) is 0 Å². The third-order valence-corrected chi connectivity index (χ3v) is 3.30. The van der Waals surface area contributed by atoms with E-state index >= 15 is 0 Å². The minimum absolute atomic E-state index is 0.475. The van der Waals surface area contributed by atoms with Gasteiger partial charge in [0.15, 0.2) is 0 Å². The summed E-state index contributed by atoms with van der Waals surface area (Å²) in [6.07, 6.45) is 6.98. The van der Waals surface area contributed by atoms with Crippen molar-refractivity contribution in [3.63, 3.8) is 0 Å². The molecule has 0 saturated heterocycles. The number of alkyl halides is 1. The molecule has 2 atom stereocenters. The van der Waals surface area contributed by atoms with Gasteiger partial charge in [-0.15, -0.1) is 11.6 Å². The first-order valence-corrected chi connectivity index (χ1v) is 6.67. The van der Waals surface area contributed by atoms with Crippen molar-refractivity contribution in [1.29, 1.82) is 0 Å². The second kappa shape index (κ2) is 8.37. The molecular formula is C12H23ClO2. The molecule has 0 aromatic heterocycles. The van der Waals surface area contributed by atoms with Crippen LogP contribution in [-0.4, -0.2) is 31.8 Å². The number of ether oxygens (including phenoxy) is 2. The molecule has 1 rings (SSSR count). The molecule has 1 aliphatic carbocycles. The Morgan fingerprint density at radius 3 is 2.67 bits per heavy atom. The molecule has 0 N–H and O–H groups in total. The molecule has 0 aromatic carbocycles. The summed E-state index contributed by atoms with van der Waals surface area (Å²) >= 11 is 5.51. The lowest BCUT2D eigenvalue weighted by atomic mass is 9.85. The first-order chi connectivity index (χ1) is 7.38.